The second-order valence-electron chi connectivity index (χ2n) is 18.3. The van der Waals surface area contributed by atoms with Crippen molar-refractivity contribution in [1.29, 1.82) is 0 Å². The molecule has 11 heteroatoms. The van der Waals surface area contributed by atoms with Gasteiger partial charge in [0.05, 0.1) is 44.6 Å². The summed E-state index contributed by atoms with van der Waals surface area (Å²) < 4.78 is 9.90. The molecule has 0 spiro atoms. The first kappa shape index (κ1) is 43.9. The Bertz CT molecular complexity index is 2110. The molecule has 2 amide bonds. The smallest absolute Gasteiger partial charge is 0.306 e. The second kappa shape index (κ2) is 19.2. The second-order valence-corrected chi connectivity index (χ2v) is 18.3. The summed E-state index contributed by atoms with van der Waals surface area (Å²) >= 11 is 0. The minimum Gasteiger partial charge on any atom is -0.469 e. The molecule has 61 heavy (non-hydrogen) atoms. The number of rotatable bonds is 17. The van der Waals surface area contributed by atoms with E-state index in [1.807, 2.05) is 45.0 Å². The number of hydrogen-bond acceptors (Lipinski definition) is 9. The molecule has 5 aliphatic rings. The van der Waals surface area contributed by atoms with Crippen LogP contribution in [0, 0.1) is 41.4 Å². The molecule has 2 bridgehead atoms. The molecular weight excluding hydrogens is 769 g/mol. The summed E-state index contributed by atoms with van der Waals surface area (Å²) in [5.74, 6) is -0.888. The van der Waals surface area contributed by atoms with Crippen molar-refractivity contribution < 1.29 is 33.4 Å². The van der Waals surface area contributed by atoms with E-state index in [-0.39, 0.29) is 85.1 Å². The molecule has 0 radical (unpaired) electrons. The van der Waals surface area contributed by atoms with E-state index < -0.39 is 17.9 Å². The van der Waals surface area contributed by atoms with E-state index in [4.69, 9.17) is 19.5 Å². The Morgan fingerprint density at radius 2 is 1.34 bits per heavy atom. The number of ether oxygens (including phenoxy) is 2. The van der Waals surface area contributed by atoms with E-state index >= 15 is 0 Å². The van der Waals surface area contributed by atoms with Crippen molar-refractivity contribution in [3.8, 4) is 11.1 Å². The first-order valence-electron chi connectivity index (χ1n) is 22.4. The van der Waals surface area contributed by atoms with Gasteiger partial charge in [-0.1, -0.05) is 76.2 Å². The number of aliphatic imine (C=N–C) groups is 2. The van der Waals surface area contributed by atoms with Gasteiger partial charge in [-0.2, -0.15) is 0 Å². The molecule has 3 aliphatic heterocycles. The lowest BCUT2D eigenvalue weighted by Crippen LogP contribution is -2.50. The molecule has 2 aromatic rings. The maximum Gasteiger partial charge on any atom is 0.306 e. The lowest BCUT2D eigenvalue weighted by atomic mass is 9.74. The molecule has 7 atom stereocenters. The van der Waals surface area contributed by atoms with Crippen molar-refractivity contribution in [2.24, 2.45) is 51.4 Å². The van der Waals surface area contributed by atoms with Gasteiger partial charge in [0.1, 0.15) is 0 Å². The molecule has 1 N–H and O–H groups in total. The van der Waals surface area contributed by atoms with E-state index in [9.17, 15) is 24.0 Å². The summed E-state index contributed by atoms with van der Waals surface area (Å²) in [6, 6.07) is 16.5. The van der Waals surface area contributed by atoms with E-state index in [2.05, 4.69) is 53.8 Å². The number of allylic oxidation sites excluding steroid dienone is 2. The number of likely N-dealkylation sites (tertiary alicyclic amines) is 1. The molecule has 2 aliphatic carbocycles. The minimum absolute atomic E-state index is 0.0117. The number of esters is 2. The lowest BCUT2D eigenvalue weighted by molar-refractivity contribution is -0.148. The van der Waals surface area contributed by atoms with Crippen LogP contribution in [0.15, 0.2) is 70.9 Å². The number of ketones is 1. The third-order valence-corrected chi connectivity index (χ3v) is 13.8. The van der Waals surface area contributed by atoms with Gasteiger partial charge in [-0.25, -0.2) is 0 Å². The lowest BCUT2D eigenvalue weighted by Gasteiger charge is -2.32. The van der Waals surface area contributed by atoms with Gasteiger partial charge in [0.2, 0.25) is 11.8 Å². The number of carbonyl (C=O) groups excluding carboxylic acids is 5. The number of carbonyl (C=O) groups is 5. The normalized spacial score (nSPS) is 24.0. The standard InChI is InChI=1S/C50H62N4O7/c1-7-61-44(56)21-20-43(55)48(30(4)5)53-49(58)47-36-19-18-35(23-36)46(47)41-25-38(28-52-41)34-16-12-32(13-17-34)31-10-14-33(15-11-31)37-24-40(51-27-37)42-9-8-22-54(42)50(59)39(29(2)3)26-45(57)60-6/h10-17,27-30,35-36,39,42,46-48H,7-9,18-26H2,1-6H3,(H,53,58)/t35-,36+,39-,42-,46-,47+,48-/m0/s1. The first-order chi connectivity index (χ1) is 29.4. The number of fused-ring (bicyclic) bond motifs is 2. The Hall–Kier alpha value is -5.19. The van der Waals surface area contributed by atoms with Crippen LogP contribution in [-0.4, -0.2) is 78.2 Å². The highest BCUT2D eigenvalue weighted by Gasteiger charge is 2.53. The molecule has 3 fully saturated rings. The quantitative estimate of drug-likeness (QED) is 0.158. The van der Waals surface area contributed by atoms with E-state index in [1.165, 1.54) is 7.11 Å². The Kier molecular flexibility index (Phi) is 13.8. The summed E-state index contributed by atoms with van der Waals surface area (Å²) in [5.41, 5.74) is 8.78. The average molecular weight is 831 g/mol. The van der Waals surface area contributed by atoms with Crippen LogP contribution in [0.25, 0.3) is 22.3 Å². The largest absolute Gasteiger partial charge is 0.469 e. The van der Waals surface area contributed by atoms with E-state index in [0.717, 1.165) is 76.9 Å². The summed E-state index contributed by atoms with van der Waals surface area (Å²) in [4.78, 5) is 76.6. The maximum atomic E-state index is 14.0. The SMILES string of the molecule is CCOC(=O)CCC(=O)[C@@H](NC(=O)[C@@H]1[C@@H]2CC[C@@H](C2)[C@H]1C1=NC=C(c2ccc(-c3ccc(C4=CN=C([C@@H]5CCCN5C(=O)[C@@H](CC(=O)OC)C(C)C)C4)cc3)cc2)C1)C(C)C. The molecule has 3 heterocycles. The van der Waals surface area contributed by atoms with E-state index in [0.29, 0.717) is 25.3 Å². The number of amides is 2. The summed E-state index contributed by atoms with van der Waals surface area (Å²) in [7, 11) is 1.36. The van der Waals surface area contributed by atoms with Crippen molar-refractivity contribution in [2.45, 2.75) is 111 Å². The van der Waals surface area contributed by atoms with Gasteiger partial charge in [-0.15, -0.1) is 0 Å². The van der Waals surface area contributed by atoms with Crippen LogP contribution in [0.3, 0.4) is 0 Å². The maximum absolute atomic E-state index is 14.0. The van der Waals surface area contributed by atoms with Crippen molar-refractivity contribution in [1.82, 2.24) is 10.2 Å². The Labute approximate surface area is 360 Å². The molecule has 2 saturated carbocycles. The predicted molar refractivity (Wildman–Crippen MR) is 237 cm³/mol. The molecule has 7 rings (SSSR count). The highest BCUT2D eigenvalue weighted by Crippen LogP contribution is 2.54. The molecular formula is C50H62N4O7. The third kappa shape index (κ3) is 9.66. The van der Waals surface area contributed by atoms with Gasteiger partial charge < -0.3 is 19.7 Å². The van der Waals surface area contributed by atoms with Crippen LogP contribution in [0.1, 0.15) is 110 Å². The number of hydrogen-bond donors (Lipinski definition) is 1. The zero-order chi connectivity index (χ0) is 43.4. The minimum atomic E-state index is -0.645. The zero-order valence-electron chi connectivity index (χ0n) is 36.7. The molecule has 0 aromatic heterocycles. The summed E-state index contributed by atoms with van der Waals surface area (Å²) in [6.07, 6.45) is 10.4. The topological polar surface area (TPSA) is 144 Å². The van der Waals surface area contributed by atoms with Gasteiger partial charge in [-0.05, 0) is 96.1 Å². The fourth-order valence-corrected chi connectivity index (χ4v) is 10.5. The monoisotopic (exact) mass is 830 g/mol. The van der Waals surface area contributed by atoms with Gasteiger partial charge in [0.15, 0.2) is 5.78 Å². The van der Waals surface area contributed by atoms with Gasteiger partial charge in [0, 0.05) is 61.5 Å². The van der Waals surface area contributed by atoms with Crippen LogP contribution >= 0.6 is 0 Å². The first-order valence-corrected chi connectivity index (χ1v) is 22.4. The van der Waals surface area contributed by atoms with Gasteiger partial charge in [0.25, 0.3) is 0 Å². The molecule has 11 nitrogen and oxygen atoms in total. The number of nitrogens with zero attached hydrogens (tertiary/aromatic N) is 3. The Morgan fingerprint density at radius 1 is 0.754 bits per heavy atom. The number of Topliss-reactive ketones (excluding diaryl/α,β-unsaturated/α-hetero) is 1. The summed E-state index contributed by atoms with van der Waals surface area (Å²) in [5, 5.41) is 3.12. The third-order valence-electron chi connectivity index (χ3n) is 13.8. The van der Waals surface area contributed by atoms with Gasteiger partial charge in [-0.3, -0.25) is 34.0 Å². The summed E-state index contributed by atoms with van der Waals surface area (Å²) in [6.45, 7) is 10.5. The number of methoxy groups -OCH3 is 1. The Balaban J connectivity index is 0.937. The number of nitrogens with one attached hydrogen (secondary N) is 1. The molecule has 0 unspecified atom stereocenters. The van der Waals surface area contributed by atoms with Crippen LogP contribution in [0.2, 0.25) is 0 Å². The van der Waals surface area contributed by atoms with E-state index in [1.54, 1.807) is 6.92 Å². The van der Waals surface area contributed by atoms with Gasteiger partial charge >= 0.3 is 11.9 Å². The van der Waals surface area contributed by atoms with Crippen LogP contribution < -0.4 is 5.32 Å². The average Bonchev–Trinajstić information content (AvgIpc) is 4.12. The Morgan fingerprint density at radius 3 is 1.93 bits per heavy atom. The van der Waals surface area contributed by atoms with Crippen molar-refractivity contribution in [3.63, 3.8) is 0 Å². The fourth-order valence-electron chi connectivity index (χ4n) is 10.5. The zero-order valence-corrected chi connectivity index (χ0v) is 36.7. The van der Waals surface area contributed by atoms with Crippen molar-refractivity contribution >= 4 is 52.1 Å². The highest BCUT2D eigenvalue weighted by atomic mass is 16.5. The van der Waals surface area contributed by atoms with Crippen LogP contribution in [0.5, 0.6) is 0 Å². The van der Waals surface area contributed by atoms with Crippen molar-refractivity contribution in [3.05, 3.63) is 72.1 Å². The number of benzene rings is 2. The molecule has 324 valence electrons. The van der Waals surface area contributed by atoms with Crippen molar-refractivity contribution in [2.75, 3.05) is 20.3 Å². The predicted octanol–water partition coefficient (Wildman–Crippen LogP) is 8.27. The molecule has 2 aromatic carbocycles. The fraction of sp³-hybridized carbons (Fsp3) is 0.540. The molecule has 1 saturated heterocycles. The highest BCUT2D eigenvalue weighted by molar-refractivity contribution is 6.04. The van der Waals surface area contributed by atoms with Crippen LogP contribution in [-0.2, 0) is 33.4 Å². The van der Waals surface area contributed by atoms with Crippen LogP contribution in [0.4, 0.5) is 0 Å².